The Morgan fingerprint density at radius 2 is 1.93 bits per heavy atom. The molecule has 0 bridgehead atoms. The highest BCUT2D eigenvalue weighted by molar-refractivity contribution is 14.0. The van der Waals surface area contributed by atoms with Crippen molar-refractivity contribution in [1.29, 1.82) is 0 Å². The van der Waals surface area contributed by atoms with Crippen LogP contribution in [0.4, 0.5) is 0 Å². The minimum absolute atomic E-state index is 0. The highest BCUT2D eigenvalue weighted by Gasteiger charge is 2.17. The summed E-state index contributed by atoms with van der Waals surface area (Å²) in [7, 11) is 3.47. The number of carbonyl (C=O) groups excluding carboxylic acids is 1. The molecule has 8 heteroatoms. The molecule has 0 fully saturated rings. The molecule has 1 aromatic carbocycles. The first-order chi connectivity index (χ1) is 12.6. The van der Waals surface area contributed by atoms with Gasteiger partial charge in [0.2, 0.25) is 5.91 Å². The minimum Gasteiger partial charge on any atom is -0.497 e. The zero-order valence-electron chi connectivity index (χ0n) is 18.0. The molecule has 7 nitrogen and oxygen atoms in total. The Morgan fingerprint density at radius 1 is 1.29 bits per heavy atom. The number of hydrogen-bond acceptors (Lipinski definition) is 4. The van der Waals surface area contributed by atoms with Gasteiger partial charge in [0.25, 0.3) is 0 Å². The second-order valence-corrected chi connectivity index (χ2v) is 7.46. The number of nitrogens with one attached hydrogen (secondary N) is 2. The fourth-order valence-electron chi connectivity index (χ4n) is 2.38. The summed E-state index contributed by atoms with van der Waals surface area (Å²) in [5.74, 6) is 2.11. The molecule has 2 N–H and O–H groups in total. The van der Waals surface area contributed by atoms with E-state index in [9.17, 15) is 4.79 Å². The molecule has 1 unspecified atom stereocenters. The second kappa shape index (κ2) is 12.7. The van der Waals surface area contributed by atoms with Crippen LogP contribution in [0.15, 0.2) is 29.3 Å². The van der Waals surface area contributed by atoms with Crippen molar-refractivity contribution in [3.8, 4) is 11.5 Å². The number of benzene rings is 1. The summed E-state index contributed by atoms with van der Waals surface area (Å²) >= 11 is 0. The van der Waals surface area contributed by atoms with Crippen LogP contribution in [0.5, 0.6) is 11.5 Å². The maximum atomic E-state index is 12.1. The van der Waals surface area contributed by atoms with Gasteiger partial charge in [-0.15, -0.1) is 24.0 Å². The number of methoxy groups -OCH3 is 1. The number of carbonyl (C=O) groups is 1. The minimum atomic E-state index is -0.257. The molecule has 0 aromatic heterocycles. The van der Waals surface area contributed by atoms with E-state index >= 15 is 0 Å². The van der Waals surface area contributed by atoms with Crippen molar-refractivity contribution >= 4 is 35.8 Å². The Labute approximate surface area is 186 Å². The van der Waals surface area contributed by atoms with Crippen LogP contribution in [0.3, 0.4) is 0 Å². The number of rotatable bonds is 8. The van der Waals surface area contributed by atoms with Crippen molar-refractivity contribution in [2.75, 3.05) is 33.8 Å². The molecule has 0 aliphatic carbocycles. The average molecular weight is 506 g/mol. The number of hydrogen-bond donors (Lipinski definition) is 2. The molecule has 1 amide bonds. The van der Waals surface area contributed by atoms with Gasteiger partial charge in [0.05, 0.1) is 20.2 Å². The largest absolute Gasteiger partial charge is 0.497 e. The van der Waals surface area contributed by atoms with E-state index in [2.05, 4.69) is 15.6 Å². The topological polar surface area (TPSA) is 75.2 Å². The Balaban J connectivity index is 0.00000729. The molecule has 0 aliphatic heterocycles. The number of nitrogens with zero attached hydrogens (tertiary/aromatic N) is 2. The normalized spacial score (nSPS) is 12.5. The first kappa shape index (κ1) is 26.3. The summed E-state index contributed by atoms with van der Waals surface area (Å²) in [6.45, 7) is 11.2. The van der Waals surface area contributed by atoms with E-state index in [1.54, 1.807) is 7.11 Å². The lowest BCUT2D eigenvalue weighted by atomic mass is 10.1. The summed E-state index contributed by atoms with van der Waals surface area (Å²) in [6.07, 6.45) is -0.123. The zero-order valence-corrected chi connectivity index (χ0v) is 20.4. The zero-order chi connectivity index (χ0) is 20.4. The highest BCUT2D eigenvalue weighted by atomic mass is 127. The lowest BCUT2D eigenvalue weighted by molar-refractivity contribution is -0.122. The molecule has 0 radical (unpaired) electrons. The van der Waals surface area contributed by atoms with Gasteiger partial charge in [-0.3, -0.25) is 4.79 Å². The maximum Gasteiger partial charge on any atom is 0.240 e. The van der Waals surface area contributed by atoms with Gasteiger partial charge in [0.15, 0.2) is 5.96 Å². The third kappa shape index (κ3) is 10.6. The predicted octanol–water partition coefficient (Wildman–Crippen LogP) is 2.89. The van der Waals surface area contributed by atoms with Gasteiger partial charge in [-0.2, -0.15) is 0 Å². The van der Waals surface area contributed by atoms with Gasteiger partial charge < -0.3 is 25.0 Å². The number of halogens is 1. The van der Waals surface area contributed by atoms with E-state index in [1.807, 2.05) is 70.8 Å². The summed E-state index contributed by atoms with van der Waals surface area (Å²) < 4.78 is 11.1. The van der Waals surface area contributed by atoms with Crippen molar-refractivity contribution in [1.82, 2.24) is 15.5 Å². The Kier molecular flexibility index (Phi) is 11.9. The van der Waals surface area contributed by atoms with Crippen LogP contribution in [0.2, 0.25) is 0 Å². The quantitative estimate of drug-likeness (QED) is 0.322. The van der Waals surface area contributed by atoms with Gasteiger partial charge in [-0.1, -0.05) is 6.07 Å². The third-order valence-electron chi connectivity index (χ3n) is 3.47. The van der Waals surface area contributed by atoms with Gasteiger partial charge in [0.1, 0.15) is 17.6 Å². The molecule has 1 atom stereocenters. The smallest absolute Gasteiger partial charge is 0.240 e. The van der Waals surface area contributed by atoms with Crippen LogP contribution < -0.4 is 20.1 Å². The summed E-state index contributed by atoms with van der Waals surface area (Å²) in [5.41, 5.74) is -0.257. The van der Waals surface area contributed by atoms with Crippen molar-refractivity contribution in [2.24, 2.45) is 4.99 Å². The van der Waals surface area contributed by atoms with Crippen molar-refractivity contribution in [2.45, 2.75) is 46.3 Å². The summed E-state index contributed by atoms with van der Waals surface area (Å²) in [4.78, 5) is 18.6. The Hall–Kier alpha value is -1.71. The molecular formula is C20H35IN4O3. The van der Waals surface area contributed by atoms with Crippen LogP contribution in [0.1, 0.15) is 34.6 Å². The maximum absolute atomic E-state index is 12.1. The monoisotopic (exact) mass is 506 g/mol. The van der Waals surface area contributed by atoms with Crippen molar-refractivity contribution < 1.29 is 14.3 Å². The predicted molar refractivity (Wildman–Crippen MR) is 125 cm³/mol. The number of likely N-dealkylation sites (N-methyl/N-ethyl adjacent to an activating group) is 1. The van der Waals surface area contributed by atoms with Crippen LogP contribution in [-0.4, -0.2) is 62.2 Å². The van der Waals surface area contributed by atoms with E-state index in [-0.39, 0.29) is 48.1 Å². The highest BCUT2D eigenvalue weighted by Crippen LogP contribution is 2.19. The van der Waals surface area contributed by atoms with Crippen LogP contribution >= 0.6 is 24.0 Å². The number of amides is 1. The lowest BCUT2D eigenvalue weighted by Gasteiger charge is -2.25. The molecule has 0 aliphatic rings. The standard InChI is InChI=1S/C20H34N4O3.HI/c1-8-21-19(24(6)14-18(25)23-20(3,4)5)22-13-15(2)27-17-11-9-10-16(12-17)26-7;/h9-12,15H,8,13-14H2,1-7H3,(H,21,22)(H,23,25);1H. The SMILES string of the molecule is CCNC(=NCC(C)Oc1cccc(OC)c1)N(C)CC(=O)NC(C)(C)C.I. The fraction of sp³-hybridized carbons (Fsp3) is 0.600. The Morgan fingerprint density at radius 3 is 2.50 bits per heavy atom. The first-order valence-corrected chi connectivity index (χ1v) is 9.25. The molecule has 1 rings (SSSR count). The average Bonchev–Trinajstić information content (AvgIpc) is 2.56. The molecule has 0 heterocycles. The van der Waals surface area contributed by atoms with Gasteiger partial charge >= 0.3 is 0 Å². The van der Waals surface area contributed by atoms with E-state index < -0.39 is 0 Å². The number of aliphatic imine (C=N–C) groups is 1. The van der Waals surface area contributed by atoms with Gasteiger partial charge in [-0.05, 0) is 46.8 Å². The van der Waals surface area contributed by atoms with E-state index in [0.717, 1.165) is 18.0 Å². The third-order valence-corrected chi connectivity index (χ3v) is 3.47. The molecule has 0 spiro atoms. The molecule has 28 heavy (non-hydrogen) atoms. The molecule has 160 valence electrons. The summed E-state index contributed by atoms with van der Waals surface area (Å²) in [5, 5.41) is 6.16. The molecule has 0 saturated heterocycles. The second-order valence-electron chi connectivity index (χ2n) is 7.46. The van der Waals surface area contributed by atoms with E-state index in [0.29, 0.717) is 12.5 Å². The first-order valence-electron chi connectivity index (χ1n) is 9.25. The Bertz CT molecular complexity index is 632. The van der Waals surface area contributed by atoms with Crippen molar-refractivity contribution in [3.05, 3.63) is 24.3 Å². The summed E-state index contributed by atoms with van der Waals surface area (Å²) in [6, 6.07) is 7.48. The van der Waals surface area contributed by atoms with Gasteiger partial charge in [0, 0.05) is 25.2 Å². The molecule has 1 aromatic rings. The molecular weight excluding hydrogens is 471 g/mol. The van der Waals surface area contributed by atoms with Gasteiger partial charge in [-0.25, -0.2) is 4.99 Å². The van der Waals surface area contributed by atoms with Crippen LogP contribution in [0, 0.1) is 0 Å². The van der Waals surface area contributed by atoms with Crippen LogP contribution in [0.25, 0.3) is 0 Å². The van der Waals surface area contributed by atoms with Crippen molar-refractivity contribution in [3.63, 3.8) is 0 Å². The fourth-order valence-corrected chi connectivity index (χ4v) is 2.38. The van der Waals surface area contributed by atoms with E-state index in [4.69, 9.17) is 9.47 Å². The van der Waals surface area contributed by atoms with Crippen LogP contribution in [-0.2, 0) is 4.79 Å². The number of guanidine groups is 1. The molecule has 0 saturated carbocycles. The number of ether oxygens (including phenoxy) is 2. The van der Waals surface area contributed by atoms with E-state index in [1.165, 1.54) is 0 Å². The lowest BCUT2D eigenvalue weighted by Crippen LogP contribution is -2.49.